The predicted octanol–water partition coefficient (Wildman–Crippen LogP) is 3.71. The lowest BCUT2D eigenvalue weighted by Crippen LogP contribution is -2.37. The summed E-state index contributed by atoms with van der Waals surface area (Å²) >= 11 is 0. The van der Waals surface area contributed by atoms with E-state index in [0.29, 0.717) is 24.8 Å². The number of aromatic nitrogens is 3. The van der Waals surface area contributed by atoms with Gasteiger partial charge in [0.05, 0.1) is 17.5 Å². The summed E-state index contributed by atoms with van der Waals surface area (Å²) in [4.78, 5) is 35.9. The van der Waals surface area contributed by atoms with Crippen LogP contribution in [0.15, 0.2) is 60.0 Å². The Hall–Kier alpha value is -3.81. The van der Waals surface area contributed by atoms with Gasteiger partial charge in [-0.2, -0.15) is 5.10 Å². The van der Waals surface area contributed by atoms with Crippen molar-refractivity contribution in [2.45, 2.75) is 25.2 Å². The fraction of sp³-hybridized carbons (Fsp3) is 0.370. The molecule has 8 nitrogen and oxygen atoms in total. The molecule has 1 saturated heterocycles. The van der Waals surface area contributed by atoms with E-state index in [1.54, 1.807) is 17.9 Å². The molecule has 2 fully saturated rings. The number of hydrogen-bond acceptors (Lipinski definition) is 6. The monoisotopic (exact) mass is 470 g/mol. The Kier molecular flexibility index (Phi) is 6.19. The van der Waals surface area contributed by atoms with Crippen LogP contribution >= 0.6 is 0 Å². The smallest absolute Gasteiger partial charge is 0.238 e. The first-order valence-electron chi connectivity index (χ1n) is 12.0. The number of rotatable bonds is 9. The van der Waals surface area contributed by atoms with Crippen molar-refractivity contribution in [3.8, 4) is 11.1 Å². The predicted molar refractivity (Wildman–Crippen MR) is 137 cm³/mol. The third-order valence-electron chi connectivity index (χ3n) is 7.13. The molecule has 2 atom stereocenters. The van der Waals surface area contributed by atoms with E-state index >= 15 is 0 Å². The summed E-state index contributed by atoms with van der Waals surface area (Å²) in [6.07, 6.45) is 11.3. The molecule has 2 aromatic heterocycles. The van der Waals surface area contributed by atoms with Crippen LogP contribution in [0.4, 0.5) is 11.5 Å². The van der Waals surface area contributed by atoms with Crippen LogP contribution in [0.25, 0.3) is 11.1 Å². The van der Waals surface area contributed by atoms with Gasteiger partial charge in [-0.25, -0.2) is 4.98 Å². The van der Waals surface area contributed by atoms with Gasteiger partial charge in [-0.05, 0) is 42.4 Å². The number of benzene rings is 1. The van der Waals surface area contributed by atoms with E-state index in [1.165, 1.54) is 0 Å². The van der Waals surface area contributed by atoms with Crippen molar-refractivity contribution in [1.82, 2.24) is 14.8 Å². The number of amides is 1. The standard InChI is InChI=1S/C27H30N6O2/c1-28-18-27(23-6-7-23)9-11-33(26(27)35)24-8-10-29-25(13-24)30-14-22(17-34)20-5-3-4-19(12-20)21-15-31-32(2)16-21/h3-5,8,10,12-13,15-18,22-23H,6-7,9,11,14H2,1-2H3,(H,29,30)/t22?,27-/m1/s1. The van der Waals surface area contributed by atoms with E-state index in [2.05, 4.69) is 20.4 Å². The van der Waals surface area contributed by atoms with E-state index in [0.717, 1.165) is 47.9 Å². The second-order valence-electron chi connectivity index (χ2n) is 9.46. The Morgan fingerprint density at radius 1 is 1.26 bits per heavy atom. The molecule has 3 aromatic rings. The molecule has 3 heterocycles. The molecule has 1 aliphatic heterocycles. The topological polar surface area (TPSA) is 92.5 Å². The summed E-state index contributed by atoms with van der Waals surface area (Å²) in [5, 5.41) is 7.53. The lowest BCUT2D eigenvalue weighted by atomic mass is 9.82. The molecule has 180 valence electrons. The third-order valence-corrected chi connectivity index (χ3v) is 7.13. The largest absolute Gasteiger partial charge is 0.369 e. The zero-order valence-corrected chi connectivity index (χ0v) is 20.1. The summed E-state index contributed by atoms with van der Waals surface area (Å²) in [6.45, 7) is 1.07. The van der Waals surface area contributed by atoms with Gasteiger partial charge in [-0.3, -0.25) is 14.5 Å². The van der Waals surface area contributed by atoms with E-state index < -0.39 is 5.41 Å². The van der Waals surface area contributed by atoms with Crippen molar-refractivity contribution in [1.29, 1.82) is 0 Å². The molecule has 5 rings (SSSR count). The van der Waals surface area contributed by atoms with E-state index in [9.17, 15) is 9.59 Å². The normalized spacial score (nSPS) is 21.0. The minimum Gasteiger partial charge on any atom is -0.369 e. The van der Waals surface area contributed by atoms with Crippen LogP contribution in [0.5, 0.6) is 0 Å². The number of aliphatic imine (C=N–C) groups is 1. The van der Waals surface area contributed by atoms with Gasteiger partial charge in [0, 0.05) is 63.1 Å². The third kappa shape index (κ3) is 4.48. The molecule has 0 spiro atoms. The number of nitrogens with one attached hydrogen (secondary N) is 1. The molecule has 0 radical (unpaired) electrons. The summed E-state index contributed by atoms with van der Waals surface area (Å²) < 4.78 is 1.76. The minimum absolute atomic E-state index is 0.126. The Morgan fingerprint density at radius 2 is 2.11 bits per heavy atom. The highest BCUT2D eigenvalue weighted by Gasteiger charge is 2.55. The van der Waals surface area contributed by atoms with Crippen molar-refractivity contribution < 1.29 is 9.59 Å². The first-order valence-corrected chi connectivity index (χ1v) is 12.0. The fourth-order valence-electron chi connectivity index (χ4n) is 5.10. The number of anilines is 2. The molecule has 1 saturated carbocycles. The van der Waals surface area contributed by atoms with Gasteiger partial charge in [0.15, 0.2) is 0 Å². The van der Waals surface area contributed by atoms with Gasteiger partial charge in [0.25, 0.3) is 0 Å². The van der Waals surface area contributed by atoms with Crippen LogP contribution in [0, 0.1) is 11.3 Å². The van der Waals surface area contributed by atoms with Crippen molar-refractivity contribution in [3.63, 3.8) is 0 Å². The average molecular weight is 471 g/mol. The molecule has 1 amide bonds. The van der Waals surface area contributed by atoms with E-state index in [1.807, 2.05) is 67.0 Å². The van der Waals surface area contributed by atoms with Crippen LogP contribution in [0.2, 0.25) is 0 Å². The second-order valence-corrected chi connectivity index (χ2v) is 9.46. The van der Waals surface area contributed by atoms with Gasteiger partial charge in [0.2, 0.25) is 5.91 Å². The maximum atomic E-state index is 13.4. The zero-order valence-electron chi connectivity index (χ0n) is 20.1. The van der Waals surface area contributed by atoms with Gasteiger partial charge in [-0.15, -0.1) is 0 Å². The van der Waals surface area contributed by atoms with Crippen molar-refractivity contribution in [3.05, 3.63) is 60.6 Å². The second kappa shape index (κ2) is 9.44. The molecule has 1 aromatic carbocycles. The Morgan fingerprint density at radius 3 is 2.83 bits per heavy atom. The highest BCUT2D eigenvalue weighted by molar-refractivity contribution is 6.10. The van der Waals surface area contributed by atoms with E-state index in [4.69, 9.17) is 0 Å². The maximum Gasteiger partial charge on any atom is 0.238 e. The van der Waals surface area contributed by atoms with Crippen molar-refractivity contribution in [2.24, 2.45) is 23.4 Å². The van der Waals surface area contributed by atoms with Crippen molar-refractivity contribution >= 4 is 29.9 Å². The van der Waals surface area contributed by atoms with Gasteiger partial charge < -0.3 is 15.0 Å². The molecule has 1 unspecified atom stereocenters. The minimum atomic E-state index is -0.465. The molecule has 0 bridgehead atoms. The van der Waals surface area contributed by atoms with Crippen LogP contribution in [0.3, 0.4) is 0 Å². The Bertz CT molecular complexity index is 1260. The molecular formula is C27H30N6O2. The number of pyridine rings is 1. The lowest BCUT2D eigenvalue weighted by Gasteiger charge is -2.24. The Balaban J connectivity index is 1.29. The molecule has 1 aliphatic carbocycles. The SMILES string of the molecule is CN=C[C@@]1(C2CC2)CCN(c2ccnc(NCC(C=O)c3cccc(-c4cnn(C)c4)c3)c2)C1=O. The van der Waals surface area contributed by atoms with Gasteiger partial charge in [-0.1, -0.05) is 24.3 Å². The number of aldehydes is 1. The quantitative estimate of drug-likeness (QED) is 0.380. The average Bonchev–Trinajstić information content (AvgIpc) is 3.56. The molecule has 1 N–H and O–H groups in total. The molecular weight excluding hydrogens is 440 g/mol. The fourth-order valence-corrected chi connectivity index (χ4v) is 5.10. The first-order chi connectivity index (χ1) is 17.0. The van der Waals surface area contributed by atoms with Crippen LogP contribution in [0.1, 0.15) is 30.7 Å². The maximum absolute atomic E-state index is 13.4. The van der Waals surface area contributed by atoms with Crippen LogP contribution in [-0.4, -0.2) is 53.3 Å². The molecule has 35 heavy (non-hydrogen) atoms. The number of carbonyl (C=O) groups is 2. The number of carbonyl (C=O) groups excluding carboxylic acids is 2. The summed E-state index contributed by atoms with van der Waals surface area (Å²) in [6, 6.07) is 11.7. The number of nitrogens with zero attached hydrogens (tertiary/aromatic N) is 5. The lowest BCUT2D eigenvalue weighted by molar-refractivity contribution is -0.123. The zero-order chi connectivity index (χ0) is 24.4. The highest BCUT2D eigenvalue weighted by Crippen LogP contribution is 2.51. The van der Waals surface area contributed by atoms with Gasteiger partial charge >= 0.3 is 0 Å². The summed E-state index contributed by atoms with van der Waals surface area (Å²) in [5.74, 6) is 0.826. The van der Waals surface area contributed by atoms with Gasteiger partial charge in [0.1, 0.15) is 12.1 Å². The summed E-state index contributed by atoms with van der Waals surface area (Å²) in [7, 11) is 3.62. The van der Waals surface area contributed by atoms with Crippen LogP contribution < -0.4 is 10.2 Å². The van der Waals surface area contributed by atoms with Crippen LogP contribution in [-0.2, 0) is 16.6 Å². The number of aryl methyl sites for hydroxylation is 1. The molecule has 8 heteroatoms. The highest BCUT2D eigenvalue weighted by atomic mass is 16.2. The van der Waals surface area contributed by atoms with Crippen molar-refractivity contribution in [2.75, 3.05) is 30.4 Å². The number of hydrogen-bond donors (Lipinski definition) is 1. The first kappa shape index (κ1) is 23.0. The molecule has 2 aliphatic rings. The Labute approximate surface area is 205 Å². The van der Waals surface area contributed by atoms with E-state index in [-0.39, 0.29) is 11.8 Å². The summed E-state index contributed by atoms with van der Waals surface area (Å²) in [5.41, 5.74) is 3.30.